The van der Waals surface area contributed by atoms with Crippen molar-refractivity contribution in [2.24, 2.45) is 0 Å². The minimum absolute atomic E-state index is 0.450. The predicted molar refractivity (Wildman–Crippen MR) is 38.5 cm³/mol. The van der Waals surface area contributed by atoms with Gasteiger partial charge in [-0.25, -0.2) is 13.2 Å². The third-order valence-electron chi connectivity index (χ3n) is 1.43. The van der Waals surface area contributed by atoms with Crippen molar-refractivity contribution in [1.29, 1.82) is 0 Å². The highest BCUT2D eigenvalue weighted by atomic mass is 19.3. The maximum absolute atomic E-state index is 12.8. The second-order valence-corrected chi connectivity index (χ2v) is 2.24. The molecule has 1 heterocycles. The fourth-order valence-electron chi connectivity index (χ4n) is 0.813. The number of rotatable bonds is 2. The molecule has 1 rings (SSSR count). The van der Waals surface area contributed by atoms with Crippen molar-refractivity contribution in [1.82, 2.24) is 4.98 Å². The summed E-state index contributed by atoms with van der Waals surface area (Å²) in [5, 5.41) is 0. The summed E-state index contributed by atoms with van der Waals surface area (Å²) in [7, 11) is 1.12. The summed E-state index contributed by atoms with van der Waals surface area (Å²) in [6.45, 7) is 0. The summed E-state index contributed by atoms with van der Waals surface area (Å²) in [6.07, 6.45) is -3.00. The monoisotopic (exact) mass is 193 g/mol. The number of hydrogen-bond donors (Lipinski definition) is 1. The van der Waals surface area contributed by atoms with Gasteiger partial charge < -0.3 is 4.74 Å². The lowest BCUT2D eigenvalue weighted by atomic mass is 10.3. The number of halogens is 3. The lowest BCUT2D eigenvalue weighted by Crippen LogP contribution is -2.14. The van der Waals surface area contributed by atoms with Gasteiger partial charge in [-0.15, -0.1) is 0 Å². The van der Waals surface area contributed by atoms with Crippen LogP contribution in [0.5, 0.6) is 5.88 Å². The predicted octanol–water partition coefficient (Wildman–Crippen LogP) is 1.46. The van der Waals surface area contributed by atoms with Crippen LogP contribution in [-0.2, 0) is 0 Å². The van der Waals surface area contributed by atoms with Crippen molar-refractivity contribution in [2.75, 3.05) is 7.11 Å². The Labute approximate surface area is 71.2 Å². The second kappa shape index (κ2) is 3.51. The van der Waals surface area contributed by atoms with Gasteiger partial charge >= 0.3 is 0 Å². The van der Waals surface area contributed by atoms with Crippen molar-refractivity contribution in [2.45, 2.75) is 6.43 Å². The van der Waals surface area contributed by atoms with Crippen LogP contribution in [0.4, 0.5) is 13.2 Å². The van der Waals surface area contributed by atoms with Gasteiger partial charge in [0.05, 0.1) is 12.7 Å². The van der Waals surface area contributed by atoms with Crippen molar-refractivity contribution in [3.63, 3.8) is 0 Å². The molecular weight excluding hydrogens is 187 g/mol. The Morgan fingerprint density at radius 1 is 1.54 bits per heavy atom. The first-order valence-electron chi connectivity index (χ1n) is 3.31. The maximum atomic E-state index is 12.8. The Hall–Kier alpha value is -1.46. The average molecular weight is 193 g/mol. The molecule has 0 atom stereocenters. The van der Waals surface area contributed by atoms with E-state index in [1.807, 2.05) is 4.98 Å². The number of alkyl halides is 2. The summed E-state index contributed by atoms with van der Waals surface area (Å²) in [5.41, 5.74) is -1.95. The highest BCUT2D eigenvalue weighted by Crippen LogP contribution is 2.18. The van der Waals surface area contributed by atoms with Gasteiger partial charge in [-0.1, -0.05) is 0 Å². The number of methoxy groups -OCH3 is 1. The van der Waals surface area contributed by atoms with Crippen LogP contribution in [-0.4, -0.2) is 12.1 Å². The van der Waals surface area contributed by atoms with E-state index in [4.69, 9.17) is 0 Å². The molecule has 72 valence electrons. The molecule has 1 aromatic rings. The van der Waals surface area contributed by atoms with E-state index >= 15 is 0 Å². The SMILES string of the molecule is COc1[nH]c(=O)c(C(F)F)cc1F. The van der Waals surface area contributed by atoms with E-state index in [1.54, 1.807) is 0 Å². The summed E-state index contributed by atoms with van der Waals surface area (Å²) < 4.78 is 41.2. The largest absolute Gasteiger partial charge is 0.480 e. The molecule has 0 spiro atoms. The fraction of sp³-hybridized carbons (Fsp3) is 0.286. The van der Waals surface area contributed by atoms with Crippen LogP contribution in [0.1, 0.15) is 12.0 Å². The van der Waals surface area contributed by atoms with E-state index in [0.29, 0.717) is 6.07 Å². The quantitative estimate of drug-likeness (QED) is 0.772. The van der Waals surface area contributed by atoms with E-state index < -0.39 is 29.2 Å². The molecule has 0 saturated carbocycles. The van der Waals surface area contributed by atoms with Gasteiger partial charge in [-0.2, -0.15) is 0 Å². The first kappa shape index (κ1) is 9.63. The Morgan fingerprint density at radius 3 is 2.62 bits per heavy atom. The molecule has 0 aliphatic heterocycles. The first-order chi connectivity index (χ1) is 6.06. The van der Waals surface area contributed by atoms with Gasteiger partial charge in [0.2, 0.25) is 5.88 Å². The van der Waals surface area contributed by atoms with E-state index in [0.717, 1.165) is 7.11 Å². The maximum Gasteiger partial charge on any atom is 0.269 e. The average Bonchev–Trinajstić information content (AvgIpc) is 2.07. The van der Waals surface area contributed by atoms with Gasteiger partial charge in [0.1, 0.15) is 0 Å². The minimum Gasteiger partial charge on any atom is -0.480 e. The third-order valence-corrected chi connectivity index (χ3v) is 1.43. The van der Waals surface area contributed by atoms with Crippen molar-refractivity contribution in [3.8, 4) is 5.88 Å². The lowest BCUT2D eigenvalue weighted by Gasteiger charge is -2.02. The molecule has 0 unspecified atom stereocenters. The Kier molecular flexibility index (Phi) is 2.60. The number of pyridine rings is 1. The third kappa shape index (κ3) is 1.82. The number of H-pyrrole nitrogens is 1. The second-order valence-electron chi connectivity index (χ2n) is 2.24. The molecule has 13 heavy (non-hydrogen) atoms. The summed E-state index contributed by atoms with van der Waals surface area (Å²) in [5.74, 6) is -1.47. The van der Waals surface area contributed by atoms with Crippen LogP contribution in [0.15, 0.2) is 10.9 Å². The van der Waals surface area contributed by atoms with Crippen LogP contribution in [0.25, 0.3) is 0 Å². The Balaban J connectivity index is 3.29. The number of hydrogen-bond acceptors (Lipinski definition) is 2. The van der Waals surface area contributed by atoms with E-state index in [1.165, 1.54) is 0 Å². The Bertz CT molecular complexity index is 361. The lowest BCUT2D eigenvalue weighted by molar-refractivity contribution is 0.148. The van der Waals surface area contributed by atoms with Gasteiger partial charge in [0, 0.05) is 0 Å². The molecule has 0 aromatic carbocycles. The van der Waals surface area contributed by atoms with E-state index in [-0.39, 0.29) is 0 Å². The first-order valence-corrected chi connectivity index (χ1v) is 3.31. The zero-order valence-electron chi connectivity index (χ0n) is 6.61. The molecule has 3 nitrogen and oxygen atoms in total. The Morgan fingerprint density at radius 2 is 2.15 bits per heavy atom. The smallest absolute Gasteiger partial charge is 0.269 e. The van der Waals surface area contributed by atoms with Gasteiger partial charge in [0.15, 0.2) is 5.82 Å². The molecule has 0 amide bonds. The summed E-state index contributed by atoms with van der Waals surface area (Å²) in [6, 6.07) is 0.461. The fourth-order valence-corrected chi connectivity index (χ4v) is 0.813. The molecule has 0 aliphatic rings. The van der Waals surface area contributed by atoms with Crippen LogP contribution in [0.2, 0.25) is 0 Å². The topological polar surface area (TPSA) is 42.1 Å². The molecule has 0 bridgehead atoms. The molecule has 1 aromatic heterocycles. The van der Waals surface area contributed by atoms with E-state index in [9.17, 15) is 18.0 Å². The van der Waals surface area contributed by atoms with Gasteiger partial charge in [0.25, 0.3) is 12.0 Å². The van der Waals surface area contributed by atoms with E-state index in [2.05, 4.69) is 4.74 Å². The number of ether oxygens (including phenoxy) is 1. The highest BCUT2D eigenvalue weighted by molar-refractivity contribution is 5.21. The number of aromatic nitrogens is 1. The number of aromatic amines is 1. The van der Waals surface area contributed by atoms with Crippen LogP contribution in [0.3, 0.4) is 0 Å². The minimum atomic E-state index is -3.00. The molecular formula is C7H6F3NO2. The summed E-state index contributed by atoms with van der Waals surface area (Å²) in [4.78, 5) is 12.7. The zero-order chi connectivity index (χ0) is 10.0. The standard InChI is InChI=1S/C7H6F3NO2/c1-13-7-4(8)2-3(5(9)10)6(12)11-7/h2,5H,1H3,(H,11,12). The van der Waals surface area contributed by atoms with Crippen LogP contribution in [0, 0.1) is 5.82 Å². The van der Waals surface area contributed by atoms with Gasteiger partial charge in [-0.05, 0) is 6.07 Å². The van der Waals surface area contributed by atoms with Crippen molar-refractivity contribution >= 4 is 0 Å². The molecule has 6 heteroatoms. The van der Waals surface area contributed by atoms with Crippen molar-refractivity contribution < 1.29 is 17.9 Å². The number of nitrogens with one attached hydrogen (secondary N) is 1. The zero-order valence-corrected chi connectivity index (χ0v) is 6.61. The molecule has 0 saturated heterocycles. The summed E-state index contributed by atoms with van der Waals surface area (Å²) >= 11 is 0. The normalized spacial score (nSPS) is 10.5. The van der Waals surface area contributed by atoms with Crippen LogP contribution >= 0.6 is 0 Å². The molecule has 0 radical (unpaired) electrons. The van der Waals surface area contributed by atoms with Crippen LogP contribution < -0.4 is 10.3 Å². The van der Waals surface area contributed by atoms with Crippen molar-refractivity contribution in [3.05, 3.63) is 27.8 Å². The molecule has 0 aliphatic carbocycles. The van der Waals surface area contributed by atoms with Gasteiger partial charge in [-0.3, -0.25) is 9.78 Å². The molecule has 0 fully saturated rings. The highest BCUT2D eigenvalue weighted by Gasteiger charge is 2.15. The molecule has 1 N–H and O–H groups in total.